The van der Waals surface area contributed by atoms with Crippen LogP contribution in [-0.2, 0) is 19.7 Å². The summed E-state index contributed by atoms with van der Waals surface area (Å²) in [5.41, 5.74) is 0.463. The van der Waals surface area contributed by atoms with E-state index in [1.54, 1.807) is 0 Å². The van der Waals surface area contributed by atoms with Crippen LogP contribution in [0.3, 0.4) is 0 Å². The van der Waals surface area contributed by atoms with E-state index in [-0.39, 0.29) is 18.3 Å². The first-order valence-corrected chi connectivity index (χ1v) is 11.6. The molecule has 0 atom stereocenters. The van der Waals surface area contributed by atoms with E-state index in [4.69, 9.17) is 13.3 Å². The van der Waals surface area contributed by atoms with E-state index < -0.39 is 26.3 Å². The zero-order valence-corrected chi connectivity index (χ0v) is 18.3. The molecular formula is C20H33F3O3Si. The van der Waals surface area contributed by atoms with E-state index in [1.165, 1.54) is 0 Å². The standard InChI is InChI=1S/C20H33F3O3Si/c1-14(2)24-27(25-15(3)4,26-16(5)6)11-9-7-8-10-17-12-18(21)20(23)19(22)13-17/h12-16H,7-11H2,1-6H3. The fraction of sp³-hybridized carbons (Fsp3) is 0.700. The highest BCUT2D eigenvalue weighted by Crippen LogP contribution is 2.25. The predicted octanol–water partition coefficient (Wildman–Crippen LogP) is 6.03. The number of aryl methyl sites for hydroxylation is 1. The lowest BCUT2D eigenvalue weighted by Gasteiger charge is -2.34. The summed E-state index contributed by atoms with van der Waals surface area (Å²) in [5, 5.41) is 0. The molecule has 0 fully saturated rings. The molecule has 0 saturated carbocycles. The molecule has 0 aliphatic carbocycles. The Balaban J connectivity index is 2.62. The number of halogens is 3. The molecule has 0 radical (unpaired) electrons. The van der Waals surface area contributed by atoms with Crippen molar-refractivity contribution < 1.29 is 26.4 Å². The van der Waals surface area contributed by atoms with Crippen molar-refractivity contribution in [2.45, 2.75) is 91.6 Å². The Hall–Kier alpha value is -0.893. The molecule has 156 valence electrons. The summed E-state index contributed by atoms with van der Waals surface area (Å²) in [7, 11) is -2.81. The van der Waals surface area contributed by atoms with E-state index in [0.717, 1.165) is 31.4 Å². The second-order valence-corrected chi connectivity index (χ2v) is 10.2. The molecule has 3 nitrogen and oxygen atoms in total. The average molecular weight is 407 g/mol. The Morgan fingerprint density at radius 1 is 0.741 bits per heavy atom. The summed E-state index contributed by atoms with van der Waals surface area (Å²) in [4.78, 5) is 0. The van der Waals surface area contributed by atoms with E-state index in [2.05, 4.69) is 0 Å². The van der Waals surface area contributed by atoms with Crippen molar-refractivity contribution in [2.24, 2.45) is 0 Å². The maximum atomic E-state index is 13.3. The molecule has 0 amide bonds. The van der Waals surface area contributed by atoms with Crippen molar-refractivity contribution in [2.75, 3.05) is 0 Å². The topological polar surface area (TPSA) is 27.7 Å². The van der Waals surface area contributed by atoms with Gasteiger partial charge in [0.15, 0.2) is 17.5 Å². The molecule has 27 heavy (non-hydrogen) atoms. The van der Waals surface area contributed by atoms with Gasteiger partial charge in [0.05, 0.1) is 0 Å². The predicted molar refractivity (Wildman–Crippen MR) is 103 cm³/mol. The molecule has 0 bridgehead atoms. The molecule has 0 saturated heterocycles. The fourth-order valence-corrected chi connectivity index (χ4v) is 6.30. The van der Waals surface area contributed by atoms with Gasteiger partial charge in [0.25, 0.3) is 0 Å². The van der Waals surface area contributed by atoms with Gasteiger partial charge in [-0.25, -0.2) is 13.2 Å². The van der Waals surface area contributed by atoms with Crippen molar-refractivity contribution in [1.29, 1.82) is 0 Å². The van der Waals surface area contributed by atoms with Gasteiger partial charge in [-0.2, -0.15) is 0 Å². The van der Waals surface area contributed by atoms with Crippen LogP contribution >= 0.6 is 0 Å². The quantitative estimate of drug-likeness (QED) is 0.241. The Morgan fingerprint density at radius 3 is 1.59 bits per heavy atom. The molecule has 0 aliphatic rings. The molecule has 0 unspecified atom stereocenters. The van der Waals surface area contributed by atoms with Gasteiger partial charge in [0, 0.05) is 24.4 Å². The molecule has 1 rings (SSSR count). The first-order valence-electron chi connectivity index (χ1n) is 9.71. The highest BCUT2D eigenvalue weighted by atomic mass is 28.4. The normalized spacial score (nSPS) is 12.6. The molecule has 0 N–H and O–H groups in total. The van der Waals surface area contributed by atoms with E-state index in [0.29, 0.717) is 18.0 Å². The molecule has 7 heteroatoms. The molecule has 0 aromatic heterocycles. The van der Waals surface area contributed by atoms with Gasteiger partial charge in [0.2, 0.25) is 0 Å². The van der Waals surface area contributed by atoms with Crippen LogP contribution in [0.4, 0.5) is 13.2 Å². The van der Waals surface area contributed by atoms with Gasteiger partial charge >= 0.3 is 8.80 Å². The van der Waals surface area contributed by atoms with Gasteiger partial charge < -0.3 is 13.3 Å². The van der Waals surface area contributed by atoms with Crippen molar-refractivity contribution >= 4 is 8.80 Å². The minimum Gasteiger partial charge on any atom is -0.371 e. The minimum absolute atomic E-state index is 0.000618. The van der Waals surface area contributed by atoms with Gasteiger partial charge in [-0.1, -0.05) is 6.42 Å². The maximum Gasteiger partial charge on any atom is 0.501 e. The third-order valence-electron chi connectivity index (χ3n) is 3.74. The second-order valence-electron chi connectivity index (χ2n) is 7.62. The Labute approximate surface area is 162 Å². The molecule has 0 heterocycles. The smallest absolute Gasteiger partial charge is 0.371 e. The van der Waals surface area contributed by atoms with Gasteiger partial charge in [-0.05, 0) is 78.5 Å². The van der Waals surface area contributed by atoms with E-state index in [1.807, 2.05) is 41.5 Å². The van der Waals surface area contributed by atoms with Crippen LogP contribution in [0.1, 0.15) is 66.4 Å². The highest BCUT2D eigenvalue weighted by Gasteiger charge is 2.43. The van der Waals surface area contributed by atoms with Crippen LogP contribution in [-0.4, -0.2) is 27.1 Å². The lowest BCUT2D eigenvalue weighted by atomic mass is 10.1. The van der Waals surface area contributed by atoms with Gasteiger partial charge in [0.1, 0.15) is 0 Å². The molecule has 0 aliphatic heterocycles. The minimum atomic E-state index is -2.81. The van der Waals surface area contributed by atoms with Crippen LogP contribution in [0.15, 0.2) is 12.1 Å². The summed E-state index contributed by atoms with van der Waals surface area (Å²) in [6.45, 7) is 11.8. The van der Waals surface area contributed by atoms with Gasteiger partial charge in [-0.15, -0.1) is 0 Å². The summed E-state index contributed by atoms with van der Waals surface area (Å²) in [5.74, 6) is -3.70. The summed E-state index contributed by atoms with van der Waals surface area (Å²) >= 11 is 0. The number of unbranched alkanes of at least 4 members (excludes halogenated alkanes) is 2. The molecular weight excluding hydrogens is 373 g/mol. The van der Waals surface area contributed by atoms with Crippen LogP contribution in [0.5, 0.6) is 0 Å². The lowest BCUT2D eigenvalue weighted by Crippen LogP contribution is -2.50. The zero-order chi connectivity index (χ0) is 20.6. The summed E-state index contributed by atoms with van der Waals surface area (Å²) in [6.07, 6.45) is 2.88. The third kappa shape index (κ3) is 8.77. The fourth-order valence-electron chi connectivity index (χ4n) is 2.94. The molecule has 1 aromatic rings. The lowest BCUT2D eigenvalue weighted by molar-refractivity contribution is 0.00279. The van der Waals surface area contributed by atoms with Crippen molar-refractivity contribution in [3.8, 4) is 0 Å². The number of hydrogen-bond acceptors (Lipinski definition) is 3. The number of rotatable bonds is 12. The highest BCUT2D eigenvalue weighted by molar-refractivity contribution is 6.60. The van der Waals surface area contributed by atoms with Gasteiger partial charge in [-0.3, -0.25) is 0 Å². The largest absolute Gasteiger partial charge is 0.501 e. The SMILES string of the molecule is CC(C)O[Si](CCCCCc1cc(F)c(F)c(F)c1)(OC(C)C)OC(C)C. The van der Waals surface area contributed by atoms with Crippen LogP contribution in [0, 0.1) is 17.5 Å². The Bertz CT molecular complexity index is 530. The van der Waals surface area contributed by atoms with E-state index >= 15 is 0 Å². The first kappa shape index (κ1) is 24.1. The zero-order valence-electron chi connectivity index (χ0n) is 17.3. The van der Waals surface area contributed by atoms with Crippen molar-refractivity contribution in [1.82, 2.24) is 0 Å². The van der Waals surface area contributed by atoms with Crippen LogP contribution < -0.4 is 0 Å². The maximum absolute atomic E-state index is 13.3. The monoisotopic (exact) mass is 406 g/mol. The Morgan fingerprint density at radius 2 is 1.19 bits per heavy atom. The number of benzene rings is 1. The molecule has 1 aromatic carbocycles. The summed E-state index contributed by atoms with van der Waals surface area (Å²) in [6, 6.07) is 2.81. The van der Waals surface area contributed by atoms with Crippen LogP contribution in [0.25, 0.3) is 0 Å². The summed E-state index contributed by atoms with van der Waals surface area (Å²) < 4.78 is 57.9. The number of hydrogen-bond donors (Lipinski definition) is 0. The Kier molecular flexibility index (Phi) is 10.0. The second kappa shape index (κ2) is 11.2. The molecule has 0 spiro atoms. The van der Waals surface area contributed by atoms with Crippen LogP contribution in [0.2, 0.25) is 6.04 Å². The van der Waals surface area contributed by atoms with E-state index in [9.17, 15) is 13.2 Å². The first-order chi connectivity index (χ1) is 12.5. The van der Waals surface area contributed by atoms with Crippen molar-refractivity contribution in [3.05, 3.63) is 35.1 Å². The third-order valence-corrected chi connectivity index (χ3v) is 7.20. The average Bonchev–Trinajstić information content (AvgIpc) is 2.49. The van der Waals surface area contributed by atoms with Crippen molar-refractivity contribution in [3.63, 3.8) is 0 Å².